The van der Waals surface area contributed by atoms with Gasteiger partial charge in [0.1, 0.15) is 0 Å². The minimum atomic E-state index is -0.241. The van der Waals surface area contributed by atoms with E-state index in [-0.39, 0.29) is 11.5 Å². The molecular formula is C20H25N3O2. The zero-order valence-corrected chi connectivity index (χ0v) is 14.9. The van der Waals surface area contributed by atoms with E-state index in [0.29, 0.717) is 24.6 Å². The first-order valence-electron chi connectivity index (χ1n) is 8.82. The minimum absolute atomic E-state index is 0.0629. The number of amides is 1. The predicted octanol–water partition coefficient (Wildman–Crippen LogP) is 2.46. The number of nitrogens with one attached hydrogen (secondary N) is 1. The van der Waals surface area contributed by atoms with Crippen LogP contribution in [-0.4, -0.2) is 46.9 Å². The summed E-state index contributed by atoms with van der Waals surface area (Å²) in [6.07, 6.45) is 1.52. The first kappa shape index (κ1) is 17.4. The van der Waals surface area contributed by atoms with Gasteiger partial charge in [0, 0.05) is 50.6 Å². The number of hydrogen-bond donors (Lipinski definition) is 1. The van der Waals surface area contributed by atoms with Crippen molar-refractivity contribution in [1.82, 2.24) is 14.8 Å². The fourth-order valence-electron chi connectivity index (χ4n) is 3.14. The molecule has 0 radical (unpaired) electrons. The normalized spacial score (nSPS) is 15.6. The maximum Gasteiger partial charge on any atom is 0.254 e. The maximum absolute atomic E-state index is 12.5. The summed E-state index contributed by atoms with van der Waals surface area (Å²) >= 11 is 0. The first-order chi connectivity index (χ1) is 12.0. The lowest BCUT2D eigenvalue weighted by molar-refractivity contribution is 0.0628. The number of carbonyl (C=O) groups is 1. The summed E-state index contributed by atoms with van der Waals surface area (Å²) in [5.41, 5.74) is 2.88. The SMILES string of the molecule is CC(C)c1ccc(CN2CCN(C(=O)c3cc[nH]c(=O)c3)CC2)cc1. The Kier molecular flexibility index (Phi) is 5.34. The average Bonchev–Trinajstić information content (AvgIpc) is 2.62. The number of nitrogens with zero attached hydrogens (tertiary/aromatic N) is 2. The molecule has 1 aromatic heterocycles. The van der Waals surface area contributed by atoms with E-state index >= 15 is 0 Å². The molecule has 1 amide bonds. The summed E-state index contributed by atoms with van der Waals surface area (Å²) in [5, 5.41) is 0. The molecule has 0 unspecified atom stereocenters. The van der Waals surface area contributed by atoms with E-state index in [1.807, 2.05) is 4.90 Å². The molecule has 0 saturated carbocycles. The summed E-state index contributed by atoms with van der Waals surface area (Å²) in [6.45, 7) is 8.39. The Morgan fingerprint density at radius 2 is 1.76 bits per heavy atom. The van der Waals surface area contributed by atoms with Crippen molar-refractivity contribution in [3.05, 3.63) is 69.6 Å². The van der Waals surface area contributed by atoms with Crippen molar-refractivity contribution in [3.8, 4) is 0 Å². The molecule has 132 valence electrons. The molecule has 1 aromatic carbocycles. The molecule has 3 rings (SSSR count). The highest BCUT2D eigenvalue weighted by Crippen LogP contribution is 2.16. The molecule has 5 nitrogen and oxygen atoms in total. The second-order valence-corrected chi connectivity index (χ2v) is 6.91. The van der Waals surface area contributed by atoms with Crippen molar-refractivity contribution in [1.29, 1.82) is 0 Å². The molecule has 1 aliphatic rings. The Morgan fingerprint density at radius 1 is 1.08 bits per heavy atom. The Bertz CT molecular complexity index is 772. The fraction of sp³-hybridized carbons (Fsp3) is 0.400. The van der Waals surface area contributed by atoms with E-state index in [9.17, 15) is 9.59 Å². The van der Waals surface area contributed by atoms with Gasteiger partial charge in [-0.15, -0.1) is 0 Å². The molecule has 2 aromatic rings. The van der Waals surface area contributed by atoms with Gasteiger partial charge in [-0.25, -0.2) is 0 Å². The van der Waals surface area contributed by atoms with Crippen molar-refractivity contribution in [2.45, 2.75) is 26.3 Å². The third kappa shape index (κ3) is 4.37. The number of benzene rings is 1. The van der Waals surface area contributed by atoms with Crippen molar-refractivity contribution < 1.29 is 4.79 Å². The number of aromatic amines is 1. The van der Waals surface area contributed by atoms with Gasteiger partial charge in [0.2, 0.25) is 5.56 Å². The summed E-state index contributed by atoms with van der Waals surface area (Å²) < 4.78 is 0. The number of H-pyrrole nitrogens is 1. The van der Waals surface area contributed by atoms with Crippen molar-refractivity contribution in [2.24, 2.45) is 0 Å². The third-order valence-electron chi connectivity index (χ3n) is 4.73. The largest absolute Gasteiger partial charge is 0.336 e. The van der Waals surface area contributed by atoms with Crippen LogP contribution in [0.3, 0.4) is 0 Å². The minimum Gasteiger partial charge on any atom is -0.336 e. The monoisotopic (exact) mass is 339 g/mol. The second kappa shape index (κ2) is 7.66. The van der Waals surface area contributed by atoms with Crippen LogP contribution in [0.15, 0.2) is 47.4 Å². The second-order valence-electron chi connectivity index (χ2n) is 6.91. The highest BCUT2D eigenvalue weighted by Gasteiger charge is 2.22. The van der Waals surface area contributed by atoms with Crippen LogP contribution in [0.1, 0.15) is 41.3 Å². The summed E-state index contributed by atoms with van der Waals surface area (Å²) in [7, 11) is 0. The third-order valence-corrected chi connectivity index (χ3v) is 4.73. The Morgan fingerprint density at radius 3 is 2.36 bits per heavy atom. The van der Waals surface area contributed by atoms with Gasteiger partial charge in [0.25, 0.3) is 5.91 Å². The molecule has 1 saturated heterocycles. The Balaban J connectivity index is 1.55. The lowest BCUT2D eigenvalue weighted by Gasteiger charge is -2.34. The van der Waals surface area contributed by atoms with E-state index in [4.69, 9.17) is 0 Å². The Hall–Kier alpha value is -2.40. The van der Waals surface area contributed by atoms with Crippen LogP contribution in [0, 0.1) is 0 Å². The highest BCUT2D eigenvalue weighted by atomic mass is 16.2. The summed E-state index contributed by atoms with van der Waals surface area (Å²) in [5.74, 6) is 0.487. The molecular weight excluding hydrogens is 314 g/mol. The predicted molar refractivity (Wildman–Crippen MR) is 98.8 cm³/mol. The molecule has 0 atom stereocenters. The van der Waals surface area contributed by atoms with Crippen LogP contribution in [0.4, 0.5) is 0 Å². The number of hydrogen-bond acceptors (Lipinski definition) is 3. The van der Waals surface area contributed by atoms with E-state index in [2.05, 4.69) is 48.0 Å². The maximum atomic E-state index is 12.5. The molecule has 5 heteroatoms. The molecule has 0 spiro atoms. The molecule has 0 bridgehead atoms. The van der Waals surface area contributed by atoms with E-state index in [0.717, 1.165) is 19.6 Å². The van der Waals surface area contributed by atoms with Gasteiger partial charge >= 0.3 is 0 Å². The lowest BCUT2D eigenvalue weighted by Crippen LogP contribution is -2.48. The number of carbonyl (C=O) groups excluding carboxylic acids is 1. The van der Waals surface area contributed by atoms with Crippen LogP contribution >= 0.6 is 0 Å². The number of aromatic nitrogens is 1. The van der Waals surface area contributed by atoms with Gasteiger partial charge in [-0.1, -0.05) is 38.1 Å². The van der Waals surface area contributed by atoms with Crippen LogP contribution < -0.4 is 5.56 Å². The van der Waals surface area contributed by atoms with E-state index < -0.39 is 0 Å². The van der Waals surface area contributed by atoms with Crippen LogP contribution in [-0.2, 0) is 6.54 Å². The van der Waals surface area contributed by atoms with Gasteiger partial charge in [0.15, 0.2) is 0 Å². The number of pyridine rings is 1. The summed E-state index contributed by atoms with van der Waals surface area (Å²) in [6, 6.07) is 11.8. The molecule has 1 aliphatic heterocycles. The van der Waals surface area contributed by atoms with Crippen molar-refractivity contribution in [2.75, 3.05) is 26.2 Å². The molecule has 1 fully saturated rings. The Labute approximate surface area is 148 Å². The topological polar surface area (TPSA) is 56.4 Å². The number of piperazine rings is 1. The molecule has 25 heavy (non-hydrogen) atoms. The van der Waals surface area contributed by atoms with Crippen LogP contribution in [0.2, 0.25) is 0 Å². The van der Waals surface area contributed by atoms with Crippen LogP contribution in [0.25, 0.3) is 0 Å². The highest BCUT2D eigenvalue weighted by molar-refractivity contribution is 5.94. The van der Waals surface area contributed by atoms with Crippen molar-refractivity contribution >= 4 is 5.91 Å². The smallest absolute Gasteiger partial charge is 0.254 e. The van der Waals surface area contributed by atoms with Crippen molar-refractivity contribution in [3.63, 3.8) is 0 Å². The van der Waals surface area contributed by atoms with Gasteiger partial charge in [-0.05, 0) is 23.1 Å². The van der Waals surface area contributed by atoms with E-state index in [1.54, 1.807) is 6.07 Å². The zero-order valence-electron chi connectivity index (χ0n) is 14.9. The lowest BCUT2D eigenvalue weighted by atomic mass is 10.0. The molecule has 0 aliphatic carbocycles. The molecule has 1 N–H and O–H groups in total. The standard InChI is InChI=1S/C20H25N3O2/c1-15(2)17-5-3-16(4-6-17)14-22-9-11-23(12-10-22)20(25)18-7-8-21-19(24)13-18/h3-8,13,15H,9-12,14H2,1-2H3,(H,21,24). The van der Waals surface area contributed by atoms with Crippen LogP contribution in [0.5, 0.6) is 0 Å². The fourth-order valence-corrected chi connectivity index (χ4v) is 3.14. The first-order valence-corrected chi connectivity index (χ1v) is 8.82. The van der Waals surface area contributed by atoms with Gasteiger partial charge in [-0.2, -0.15) is 0 Å². The van der Waals surface area contributed by atoms with Gasteiger partial charge in [-0.3, -0.25) is 14.5 Å². The average molecular weight is 339 g/mol. The number of rotatable bonds is 4. The van der Waals surface area contributed by atoms with Gasteiger partial charge in [0.05, 0.1) is 0 Å². The van der Waals surface area contributed by atoms with E-state index in [1.165, 1.54) is 23.4 Å². The summed E-state index contributed by atoms with van der Waals surface area (Å²) in [4.78, 5) is 30.6. The zero-order chi connectivity index (χ0) is 17.8. The molecule has 2 heterocycles. The quantitative estimate of drug-likeness (QED) is 0.931. The van der Waals surface area contributed by atoms with Gasteiger partial charge < -0.3 is 9.88 Å².